The van der Waals surface area contributed by atoms with Crippen LogP contribution in [0.4, 0.5) is 17.8 Å². The summed E-state index contributed by atoms with van der Waals surface area (Å²) in [5.41, 5.74) is 2.45. The minimum Gasteiger partial charge on any atom is -0.353 e. The molecule has 0 aliphatic carbocycles. The number of aromatic nitrogens is 3. The second-order valence-corrected chi connectivity index (χ2v) is 4.68. The van der Waals surface area contributed by atoms with Gasteiger partial charge in [0.05, 0.1) is 0 Å². The Morgan fingerprint density at radius 2 is 1.75 bits per heavy atom. The van der Waals surface area contributed by atoms with E-state index in [2.05, 4.69) is 44.4 Å². The molecule has 4 N–H and O–H groups in total. The molecule has 114 valence electrons. The molecule has 0 aliphatic heterocycles. The molecule has 0 aliphatic rings. The lowest BCUT2D eigenvalue weighted by atomic mass is 10.4. The molecule has 1 aromatic heterocycles. The van der Waals surface area contributed by atoms with E-state index in [0.717, 1.165) is 32.6 Å². The van der Waals surface area contributed by atoms with Crippen LogP contribution >= 0.6 is 0 Å². The third-order valence-corrected chi connectivity index (χ3v) is 2.85. The van der Waals surface area contributed by atoms with Crippen molar-refractivity contribution in [2.24, 2.45) is 5.84 Å². The van der Waals surface area contributed by atoms with Gasteiger partial charge < -0.3 is 15.1 Å². The summed E-state index contributed by atoms with van der Waals surface area (Å²) in [6.07, 6.45) is 1.16. The first kappa shape index (κ1) is 16.4. The van der Waals surface area contributed by atoms with Crippen molar-refractivity contribution in [3.63, 3.8) is 0 Å². The maximum atomic E-state index is 5.37. The smallest absolute Gasteiger partial charge is 0.243 e. The van der Waals surface area contributed by atoms with Crippen molar-refractivity contribution in [1.82, 2.24) is 19.9 Å². The van der Waals surface area contributed by atoms with Crippen molar-refractivity contribution in [3.05, 3.63) is 0 Å². The van der Waals surface area contributed by atoms with Crippen LogP contribution < -0.4 is 21.5 Å². The highest BCUT2D eigenvalue weighted by Gasteiger charge is 2.07. The van der Waals surface area contributed by atoms with E-state index in [1.807, 2.05) is 19.0 Å². The summed E-state index contributed by atoms with van der Waals surface area (Å²) < 4.78 is 0. The van der Waals surface area contributed by atoms with E-state index < -0.39 is 0 Å². The fraction of sp³-hybridized carbons (Fsp3) is 0.750. The molecule has 0 amide bonds. The second-order valence-electron chi connectivity index (χ2n) is 4.68. The van der Waals surface area contributed by atoms with E-state index >= 15 is 0 Å². The Bertz CT molecular complexity index is 395. The Balaban J connectivity index is 2.60. The average molecular weight is 282 g/mol. The molecule has 0 aromatic carbocycles. The van der Waals surface area contributed by atoms with Gasteiger partial charge in [-0.15, -0.1) is 0 Å². The maximum Gasteiger partial charge on any atom is 0.243 e. The van der Waals surface area contributed by atoms with Crippen molar-refractivity contribution in [2.45, 2.75) is 20.3 Å². The number of rotatable bonds is 9. The first-order valence-electron chi connectivity index (χ1n) is 6.96. The summed E-state index contributed by atoms with van der Waals surface area (Å²) in [5.74, 6) is 6.82. The third kappa shape index (κ3) is 5.14. The second kappa shape index (κ2) is 8.49. The van der Waals surface area contributed by atoms with Crippen LogP contribution in [0.1, 0.15) is 20.3 Å². The quantitative estimate of drug-likeness (QED) is 0.441. The zero-order chi connectivity index (χ0) is 15.0. The van der Waals surface area contributed by atoms with Crippen LogP contribution in [0.2, 0.25) is 0 Å². The minimum atomic E-state index is 0.354. The van der Waals surface area contributed by atoms with Crippen LogP contribution in [-0.2, 0) is 0 Å². The van der Waals surface area contributed by atoms with Crippen molar-refractivity contribution in [3.8, 4) is 0 Å². The molecule has 1 rings (SSSR count). The Morgan fingerprint density at radius 3 is 2.30 bits per heavy atom. The van der Waals surface area contributed by atoms with E-state index in [1.54, 1.807) is 0 Å². The predicted molar refractivity (Wildman–Crippen MR) is 82.9 cm³/mol. The number of hydrogen-bond donors (Lipinski definition) is 3. The lowest BCUT2D eigenvalue weighted by Gasteiger charge is -2.19. The summed E-state index contributed by atoms with van der Waals surface area (Å²) >= 11 is 0. The molecule has 0 unspecified atom stereocenters. The van der Waals surface area contributed by atoms with Crippen molar-refractivity contribution >= 4 is 17.8 Å². The van der Waals surface area contributed by atoms with E-state index in [9.17, 15) is 0 Å². The van der Waals surface area contributed by atoms with Crippen LogP contribution in [0.15, 0.2) is 0 Å². The summed E-state index contributed by atoms with van der Waals surface area (Å²) in [6, 6.07) is 0. The first-order chi connectivity index (χ1) is 9.60. The van der Waals surface area contributed by atoms with Crippen molar-refractivity contribution in [1.29, 1.82) is 0 Å². The topological polar surface area (TPSA) is 95.2 Å². The third-order valence-electron chi connectivity index (χ3n) is 2.85. The molecule has 8 heteroatoms. The van der Waals surface area contributed by atoms with E-state index in [-0.39, 0.29) is 0 Å². The lowest BCUT2D eigenvalue weighted by molar-refractivity contribution is 0.300. The van der Waals surface area contributed by atoms with Crippen LogP contribution in [-0.4, -0.2) is 60.1 Å². The van der Waals surface area contributed by atoms with Gasteiger partial charge in [0.1, 0.15) is 0 Å². The number of nitrogens with one attached hydrogen (secondary N) is 2. The van der Waals surface area contributed by atoms with Crippen LogP contribution in [0, 0.1) is 0 Å². The molecule has 20 heavy (non-hydrogen) atoms. The molecule has 0 fully saturated rings. The van der Waals surface area contributed by atoms with Gasteiger partial charge >= 0.3 is 0 Å². The fourth-order valence-electron chi connectivity index (χ4n) is 1.78. The largest absolute Gasteiger partial charge is 0.353 e. The SMILES string of the molecule is CCCN(CC)CCNc1nc(NN)nc(N(C)C)n1. The van der Waals surface area contributed by atoms with E-state index in [0.29, 0.717) is 17.8 Å². The normalized spacial score (nSPS) is 10.7. The highest BCUT2D eigenvalue weighted by molar-refractivity contribution is 5.42. The van der Waals surface area contributed by atoms with Gasteiger partial charge in [0.2, 0.25) is 17.8 Å². The molecule has 8 nitrogen and oxygen atoms in total. The van der Waals surface area contributed by atoms with Gasteiger partial charge in [-0.05, 0) is 19.5 Å². The Morgan fingerprint density at radius 1 is 1.05 bits per heavy atom. The van der Waals surface area contributed by atoms with Gasteiger partial charge in [-0.25, -0.2) is 5.84 Å². The predicted octanol–water partition coefficient (Wildman–Crippen LogP) is 0.367. The number of nitrogens with zero attached hydrogens (tertiary/aromatic N) is 5. The van der Waals surface area contributed by atoms with Crippen molar-refractivity contribution < 1.29 is 0 Å². The Labute approximate surface area is 120 Å². The molecule has 0 bridgehead atoms. The molecule has 0 radical (unpaired) electrons. The van der Waals surface area contributed by atoms with E-state index in [4.69, 9.17) is 5.84 Å². The van der Waals surface area contributed by atoms with Gasteiger partial charge in [0.15, 0.2) is 0 Å². The molecular formula is C12H26N8. The van der Waals surface area contributed by atoms with Crippen LogP contribution in [0.5, 0.6) is 0 Å². The van der Waals surface area contributed by atoms with Crippen molar-refractivity contribution in [2.75, 3.05) is 55.9 Å². The summed E-state index contributed by atoms with van der Waals surface area (Å²) in [5, 5.41) is 3.21. The molecule has 1 heterocycles. The highest BCUT2D eigenvalue weighted by atomic mass is 15.4. The first-order valence-corrected chi connectivity index (χ1v) is 6.96. The Hall–Kier alpha value is -1.67. The summed E-state index contributed by atoms with van der Waals surface area (Å²) in [7, 11) is 3.75. The molecule has 0 spiro atoms. The number of hydrazine groups is 1. The number of hydrogen-bond acceptors (Lipinski definition) is 8. The highest BCUT2D eigenvalue weighted by Crippen LogP contribution is 2.10. The van der Waals surface area contributed by atoms with E-state index in [1.165, 1.54) is 0 Å². The Kier molecular flexibility index (Phi) is 6.96. The van der Waals surface area contributed by atoms with Gasteiger partial charge in [0, 0.05) is 27.2 Å². The van der Waals surface area contributed by atoms with Gasteiger partial charge in [-0.1, -0.05) is 13.8 Å². The monoisotopic (exact) mass is 282 g/mol. The summed E-state index contributed by atoms with van der Waals surface area (Å²) in [4.78, 5) is 16.9. The lowest BCUT2D eigenvalue weighted by Crippen LogP contribution is -2.30. The molecule has 0 saturated carbocycles. The standard InChI is InChI=1S/C12H26N8/c1-5-8-20(6-2)9-7-14-10-15-11(18-13)17-12(16-10)19(3)4/h5-9,13H2,1-4H3,(H2,14,15,16,17,18). The minimum absolute atomic E-state index is 0.354. The average Bonchev–Trinajstić information content (AvgIpc) is 2.45. The van der Waals surface area contributed by atoms with Crippen LogP contribution in [0.25, 0.3) is 0 Å². The fourth-order valence-corrected chi connectivity index (χ4v) is 1.78. The zero-order valence-electron chi connectivity index (χ0n) is 12.8. The zero-order valence-corrected chi connectivity index (χ0v) is 12.8. The molecule has 1 aromatic rings. The maximum absolute atomic E-state index is 5.37. The molecule has 0 atom stereocenters. The number of nitrogen functional groups attached to an aromatic ring is 1. The van der Waals surface area contributed by atoms with Gasteiger partial charge in [0.25, 0.3) is 0 Å². The van der Waals surface area contributed by atoms with Crippen LogP contribution in [0.3, 0.4) is 0 Å². The number of likely N-dealkylation sites (N-methyl/N-ethyl adjacent to an activating group) is 1. The van der Waals surface area contributed by atoms with Gasteiger partial charge in [-0.3, -0.25) is 5.43 Å². The molecule has 0 saturated heterocycles. The summed E-state index contributed by atoms with van der Waals surface area (Å²) in [6.45, 7) is 8.25. The molecular weight excluding hydrogens is 256 g/mol. The van der Waals surface area contributed by atoms with Gasteiger partial charge in [-0.2, -0.15) is 15.0 Å². The number of nitrogens with two attached hydrogens (primary N) is 1. The number of anilines is 3.